The third-order valence-corrected chi connectivity index (χ3v) is 4.54. The van der Waals surface area contributed by atoms with Crippen LogP contribution < -0.4 is 5.32 Å². The highest BCUT2D eigenvalue weighted by molar-refractivity contribution is 7.13. The summed E-state index contributed by atoms with van der Waals surface area (Å²) in [6.07, 6.45) is 4.25. The van der Waals surface area contributed by atoms with Crippen molar-refractivity contribution in [1.82, 2.24) is 10.3 Å². The van der Waals surface area contributed by atoms with Crippen LogP contribution in [-0.4, -0.2) is 11.5 Å². The zero-order valence-corrected chi connectivity index (χ0v) is 11.2. The number of aromatic nitrogens is 1. The molecule has 1 aliphatic rings. The molecule has 3 aromatic rings. The first-order valence-electron chi connectivity index (χ1n) is 6.57. The van der Waals surface area contributed by atoms with Crippen LogP contribution in [0, 0.1) is 0 Å². The Kier molecular flexibility index (Phi) is 2.64. The van der Waals surface area contributed by atoms with Crippen molar-refractivity contribution in [2.45, 2.75) is 18.9 Å². The number of benzene rings is 1. The molecular weight excluding hydrogens is 256 g/mol. The van der Waals surface area contributed by atoms with Gasteiger partial charge in [0, 0.05) is 10.8 Å². The summed E-state index contributed by atoms with van der Waals surface area (Å²) in [5.41, 5.74) is 3.20. The fraction of sp³-hybridized carbons (Fsp3) is 0.267. The standard InChI is InChI=1S/C15H14N2OS/c1-2-6-14-10(4-1)11(8-18-14)15-17-13(9-19-15)12-5-3-7-16-12/h1-2,4,6,8-9,12,16H,3,5,7H2. The predicted octanol–water partition coefficient (Wildman–Crippen LogP) is 3.98. The fourth-order valence-electron chi connectivity index (χ4n) is 2.65. The van der Waals surface area contributed by atoms with Crippen molar-refractivity contribution in [3.05, 3.63) is 41.6 Å². The minimum Gasteiger partial charge on any atom is -0.464 e. The number of furan rings is 1. The summed E-state index contributed by atoms with van der Waals surface area (Å²) in [4.78, 5) is 4.78. The van der Waals surface area contributed by atoms with Gasteiger partial charge in [0.1, 0.15) is 16.9 Å². The second kappa shape index (κ2) is 4.47. The van der Waals surface area contributed by atoms with Crippen molar-refractivity contribution in [2.24, 2.45) is 0 Å². The number of hydrogen-bond acceptors (Lipinski definition) is 4. The van der Waals surface area contributed by atoms with Gasteiger partial charge in [0.2, 0.25) is 0 Å². The van der Waals surface area contributed by atoms with E-state index in [0.29, 0.717) is 6.04 Å². The molecule has 96 valence electrons. The van der Waals surface area contributed by atoms with E-state index in [0.717, 1.165) is 28.1 Å². The topological polar surface area (TPSA) is 38.1 Å². The molecular formula is C15H14N2OS. The van der Waals surface area contributed by atoms with Crippen LogP contribution in [0.25, 0.3) is 21.5 Å². The summed E-state index contributed by atoms with van der Waals surface area (Å²) in [6, 6.07) is 8.54. The molecule has 0 radical (unpaired) electrons. The summed E-state index contributed by atoms with van der Waals surface area (Å²) in [5.74, 6) is 0. The van der Waals surface area contributed by atoms with Gasteiger partial charge in [0.05, 0.1) is 17.3 Å². The van der Waals surface area contributed by atoms with Crippen LogP contribution in [-0.2, 0) is 0 Å². The zero-order valence-electron chi connectivity index (χ0n) is 10.4. The van der Waals surface area contributed by atoms with Gasteiger partial charge in [0.15, 0.2) is 0 Å². The van der Waals surface area contributed by atoms with Crippen molar-refractivity contribution >= 4 is 22.3 Å². The van der Waals surface area contributed by atoms with E-state index >= 15 is 0 Å². The normalized spacial score (nSPS) is 19.3. The van der Waals surface area contributed by atoms with E-state index in [9.17, 15) is 0 Å². The lowest BCUT2D eigenvalue weighted by atomic mass is 10.1. The van der Waals surface area contributed by atoms with E-state index in [1.807, 2.05) is 24.5 Å². The van der Waals surface area contributed by atoms with Crippen molar-refractivity contribution in [2.75, 3.05) is 6.54 Å². The van der Waals surface area contributed by atoms with Gasteiger partial charge in [-0.15, -0.1) is 11.3 Å². The molecule has 0 saturated carbocycles. The first kappa shape index (κ1) is 11.2. The molecule has 1 aliphatic heterocycles. The quantitative estimate of drug-likeness (QED) is 0.765. The maximum Gasteiger partial charge on any atom is 0.134 e. The number of nitrogens with one attached hydrogen (secondary N) is 1. The number of nitrogens with zero attached hydrogens (tertiary/aromatic N) is 1. The van der Waals surface area contributed by atoms with Crippen LogP contribution >= 0.6 is 11.3 Å². The second-order valence-electron chi connectivity index (χ2n) is 4.87. The third kappa shape index (κ3) is 1.88. The Morgan fingerprint density at radius 3 is 3.16 bits per heavy atom. The van der Waals surface area contributed by atoms with Crippen LogP contribution in [0.1, 0.15) is 24.6 Å². The molecule has 3 heterocycles. The molecule has 3 nitrogen and oxygen atoms in total. The van der Waals surface area contributed by atoms with E-state index in [-0.39, 0.29) is 0 Å². The van der Waals surface area contributed by atoms with Crippen molar-refractivity contribution < 1.29 is 4.42 Å². The molecule has 2 aromatic heterocycles. The van der Waals surface area contributed by atoms with Gasteiger partial charge >= 0.3 is 0 Å². The number of fused-ring (bicyclic) bond motifs is 1. The number of para-hydroxylation sites is 1. The number of thiazole rings is 1. The Bertz CT molecular complexity index is 710. The van der Waals surface area contributed by atoms with Crippen molar-refractivity contribution in [3.8, 4) is 10.6 Å². The van der Waals surface area contributed by atoms with Crippen molar-refractivity contribution in [3.63, 3.8) is 0 Å². The van der Waals surface area contributed by atoms with Crippen LogP contribution in [0.15, 0.2) is 40.3 Å². The maximum absolute atomic E-state index is 5.59. The van der Waals surface area contributed by atoms with E-state index in [1.165, 1.54) is 18.5 Å². The number of hydrogen-bond donors (Lipinski definition) is 1. The second-order valence-corrected chi connectivity index (χ2v) is 5.73. The van der Waals surface area contributed by atoms with Gasteiger partial charge in [-0.3, -0.25) is 0 Å². The highest BCUT2D eigenvalue weighted by Crippen LogP contribution is 2.34. The molecule has 1 unspecified atom stereocenters. The Balaban J connectivity index is 1.76. The lowest BCUT2D eigenvalue weighted by molar-refractivity contribution is 0.616. The van der Waals surface area contributed by atoms with Gasteiger partial charge in [-0.2, -0.15) is 0 Å². The monoisotopic (exact) mass is 270 g/mol. The highest BCUT2D eigenvalue weighted by atomic mass is 32.1. The average molecular weight is 270 g/mol. The summed E-state index contributed by atoms with van der Waals surface area (Å²) >= 11 is 1.70. The van der Waals surface area contributed by atoms with E-state index in [2.05, 4.69) is 16.8 Å². The molecule has 0 amide bonds. The maximum atomic E-state index is 5.59. The molecule has 0 bridgehead atoms. The highest BCUT2D eigenvalue weighted by Gasteiger charge is 2.20. The first-order chi connectivity index (χ1) is 9.42. The van der Waals surface area contributed by atoms with E-state index < -0.39 is 0 Å². The van der Waals surface area contributed by atoms with Crippen molar-refractivity contribution in [1.29, 1.82) is 0 Å². The van der Waals surface area contributed by atoms with Gasteiger partial charge in [0.25, 0.3) is 0 Å². The molecule has 4 heteroatoms. The van der Waals surface area contributed by atoms with Crippen LogP contribution in [0.4, 0.5) is 0 Å². The minimum absolute atomic E-state index is 0.433. The summed E-state index contributed by atoms with van der Waals surface area (Å²) in [6.45, 7) is 1.10. The molecule has 0 aliphatic carbocycles. The van der Waals surface area contributed by atoms with Crippen LogP contribution in [0.5, 0.6) is 0 Å². The van der Waals surface area contributed by atoms with Gasteiger partial charge in [-0.05, 0) is 25.5 Å². The molecule has 1 aromatic carbocycles. The van der Waals surface area contributed by atoms with E-state index in [1.54, 1.807) is 11.3 Å². The van der Waals surface area contributed by atoms with E-state index in [4.69, 9.17) is 9.40 Å². The molecule has 1 N–H and O–H groups in total. The third-order valence-electron chi connectivity index (χ3n) is 3.65. The van der Waals surface area contributed by atoms with Gasteiger partial charge in [-0.25, -0.2) is 4.98 Å². The molecule has 1 atom stereocenters. The Morgan fingerprint density at radius 2 is 2.26 bits per heavy atom. The Labute approximate surface area is 115 Å². The molecule has 1 saturated heterocycles. The lowest BCUT2D eigenvalue weighted by Gasteiger charge is -2.04. The fourth-order valence-corrected chi connectivity index (χ4v) is 3.54. The Morgan fingerprint density at radius 1 is 1.32 bits per heavy atom. The van der Waals surface area contributed by atoms with Crippen LogP contribution in [0.3, 0.4) is 0 Å². The zero-order chi connectivity index (χ0) is 12.7. The number of rotatable bonds is 2. The van der Waals surface area contributed by atoms with Gasteiger partial charge < -0.3 is 9.73 Å². The smallest absolute Gasteiger partial charge is 0.134 e. The Hall–Kier alpha value is -1.65. The summed E-state index contributed by atoms with van der Waals surface area (Å²) in [7, 11) is 0. The lowest BCUT2D eigenvalue weighted by Crippen LogP contribution is -2.12. The largest absolute Gasteiger partial charge is 0.464 e. The predicted molar refractivity (Wildman–Crippen MR) is 77.3 cm³/mol. The summed E-state index contributed by atoms with van der Waals surface area (Å²) in [5, 5.41) is 7.85. The van der Waals surface area contributed by atoms with Gasteiger partial charge in [-0.1, -0.05) is 18.2 Å². The first-order valence-corrected chi connectivity index (χ1v) is 7.45. The average Bonchev–Trinajstić information content (AvgIpc) is 3.18. The molecule has 0 spiro atoms. The van der Waals surface area contributed by atoms with Crippen LogP contribution in [0.2, 0.25) is 0 Å². The minimum atomic E-state index is 0.433. The SMILES string of the molecule is c1ccc2c(-c3nc(C4CCCN4)cs3)coc2c1. The summed E-state index contributed by atoms with van der Waals surface area (Å²) < 4.78 is 5.59. The molecule has 19 heavy (non-hydrogen) atoms. The molecule has 1 fully saturated rings. The molecule has 4 rings (SSSR count).